The monoisotopic (exact) mass is 207 g/mol. The van der Waals surface area contributed by atoms with E-state index in [4.69, 9.17) is 0 Å². The van der Waals surface area contributed by atoms with E-state index in [0.717, 1.165) is 25.2 Å². The first-order valence-electron chi connectivity index (χ1n) is 5.35. The van der Waals surface area contributed by atoms with Crippen molar-refractivity contribution in [3.63, 3.8) is 0 Å². The highest BCUT2D eigenvalue weighted by molar-refractivity contribution is 6.59. The molecule has 1 rings (SSSR count). The lowest BCUT2D eigenvalue weighted by atomic mass is 9.77. The van der Waals surface area contributed by atoms with E-state index in [1.54, 1.807) is 6.07 Å². The molecule has 15 heavy (non-hydrogen) atoms. The van der Waals surface area contributed by atoms with Crippen LogP contribution in [0.3, 0.4) is 0 Å². The van der Waals surface area contributed by atoms with Crippen LogP contribution in [0.25, 0.3) is 0 Å². The number of hydrogen-bond donors (Lipinski definition) is 2. The molecule has 0 spiro atoms. The van der Waals surface area contributed by atoms with E-state index in [0.29, 0.717) is 5.46 Å². The maximum absolute atomic E-state index is 9.20. The largest absolute Gasteiger partial charge is 0.488 e. The number of hydrogen-bond acceptors (Lipinski definition) is 3. The van der Waals surface area contributed by atoms with Crippen molar-refractivity contribution < 1.29 is 10.0 Å². The molecule has 0 fully saturated rings. The van der Waals surface area contributed by atoms with Crippen molar-refractivity contribution >= 4 is 12.6 Å². The van der Waals surface area contributed by atoms with E-state index >= 15 is 0 Å². The standard InChI is InChI=1S/C11H18BNO2/c1-3-13(4-2)9-10-7-5-6-8-11(10)12(14)15/h5-8,14-15H,3-4,9H2,1-2H3. The molecule has 0 radical (unpaired) electrons. The Bertz CT molecular complexity index is 300. The molecule has 0 aliphatic heterocycles. The Morgan fingerprint density at radius 2 is 1.73 bits per heavy atom. The third-order valence-corrected chi connectivity index (χ3v) is 2.62. The van der Waals surface area contributed by atoms with Gasteiger partial charge in [0.1, 0.15) is 0 Å². The van der Waals surface area contributed by atoms with Crippen LogP contribution in [0, 0.1) is 0 Å². The van der Waals surface area contributed by atoms with Gasteiger partial charge in [-0.3, -0.25) is 4.90 Å². The zero-order valence-electron chi connectivity index (χ0n) is 9.35. The summed E-state index contributed by atoms with van der Waals surface area (Å²) < 4.78 is 0. The summed E-state index contributed by atoms with van der Waals surface area (Å²) in [7, 11) is -1.38. The van der Waals surface area contributed by atoms with Crippen molar-refractivity contribution in [3.05, 3.63) is 29.8 Å². The van der Waals surface area contributed by atoms with Crippen molar-refractivity contribution in [2.75, 3.05) is 13.1 Å². The molecule has 0 aliphatic rings. The van der Waals surface area contributed by atoms with Crippen LogP contribution in [0.15, 0.2) is 24.3 Å². The molecule has 1 aromatic carbocycles. The topological polar surface area (TPSA) is 43.7 Å². The van der Waals surface area contributed by atoms with Crippen LogP contribution in [0.4, 0.5) is 0 Å². The smallest absolute Gasteiger partial charge is 0.423 e. The van der Waals surface area contributed by atoms with Crippen molar-refractivity contribution in [2.24, 2.45) is 0 Å². The minimum Gasteiger partial charge on any atom is -0.423 e. The Labute approximate surface area is 91.5 Å². The fourth-order valence-electron chi connectivity index (χ4n) is 1.62. The van der Waals surface area contributed by atoms with Crippen LogP contribution in [0.1, 0.15) is 19.4 Å². The second-order valence-corrected chi connectivity index (χ2v) is 3.53. The fourth-order valence-corrected chi connectivity index (χ4v) is 1.62. The molecule has 0 saturated carbocycles. The normalized spacial score (nSPS) is 10.7. The molecular formula is C11H18BNO2. The summed E-state index contributed by atoms with van der Waals surface area (Å²) >= 11 is 0. The first-order chi connectivity index (χ1) is 7.19. The lowest BCUT2D eigenvalue weighted by molar-refractivity contribution is 0.296. The van der Waals surface area contributed by atoms with Crippen molar-refractivity contribution in [3.8, 4) is 0 Å². The Balaban J connectivity index is 2.83. The summed E-state index contributed by atoms with van der Waals surface area (Å²) in [5, 5.41) is 18.4. The molecule has 0 atom stereocenters. The van der Waals surface area contributed by atoms with Crippen LogP contribution < -0.4 is 5.46 Å². The quantitative estimate of drug-likeness (QED) is 0.678. The zero-order valence-corrected chi connectivity index (χ0v) is 9.35. The molecule has 0 heterocycles. The maximum Gasteiger partial charge on any atom is 0.488 e. The number of rotatable bonds is 5. The van der Waals surface area contributed by atoms with E-state index in [9.17, 15) is 10.0 Å². The van der Waals surface area contributed by atoms with Gasteiger partial charge in [-0.15, -0.1) is 0 Å². The average molecular weight is 207 g/mol. The van der Waals surface area contributed by atoms with Crippen molar-refractivity contribution in [1.29, 1.82) is 0 Å². The summed E-state index contributed by atoms with van der Waals surface area (Å²) in [4.78, 5) is 2.24. The third-order valence-electron chi connectivity index (χ3n) is 2.62. The lowest BCUT2D eigenvalue weighted by Gasteiger charge is -2.19. The van der Waals surface area contributed by atoms with Gasteiger partial charge in [-0.2, -0.15) is 0 Å². The highest BCUT2D eigenvalue weighted by Gasteiger charge is 2.15. The number of benzene rings is 1. The minimum absolute atomic E-state index is 0.601. The molecule has 0 amide bonds. The average Bonchev–Trinajstić information content (AvgIpc) is 2.26. The molecular weight excluding hydrogens is 189 g/mol. The summed E-state index contributed by atoms with van der Waals surface area (Å²) in [5.74, 6) is 0. The summed E-state index contributed by atoms with van der Waals surface area (Å²) in [5.41, 5.74) is 1.58. The predicted molar refractivity (Wildman–Crippen MR) is 62.9 cm³/mol. The van der Waals surface area contributed by atoms with Crippen LogP contribution in [0.2, 0.25) is 0 Å². The second-order valence-electron chi connectivity index (χ2n) is 3.53. The summed E-state index contributed by atoms with van der Waals surface area (Å²) in [6, 6.07) is 7.43. The van der Waals surface area contributed by atoms with Gasteiger partial charge in [-0.1, -0.05) is 38.1 Å². The molecule has 0 bridgehead atoms. The minimum atomic E-state index is -1.38. The zero-order chi connectivity index (χ0) is 11.3. The summed E-state index contributed by atoms with van der Waals surface area (Å²) in [6.45, 7) is 6.89. The molecule has 1 aromatic rings. The maximum atomic E-state index is 9.20. The van der Waals surface area contributed by atoms with Gasteiger partial charge in [-0.05, 0) is 24.1 Å². The highest BCUT2D eigenvalue weighted by Crippen LogP contribution is 2.02. The first kappa shape index (κ1) is 12.2. The Morgan fingerprint density at radius 1 is 1.13 bits per heavy atom. The molecule has 0 aromatic heterocycles. The van der Waals surface area contributed by atoms with Crippen LogP contribution in [-0.4, -0.2) is 35.2 Å². The highest BCUT2D eigenvalue weighted by atomic mass is 16.4. The van der Waals surface area contributed by atoms with E-state index in [2.05, 4.69) is 18.7 Å². The van der Waals surface area contributed by atoms with Gasteiger partial charge in [0.25, 0.3) is 0 Å². The van der Waals surface area contributed by atoms with Gasteiger partial charge in [0.2, 0.25) is 0 Å². The van der Waals surface area contributed by atoms with Gasteiger partial charge < -0.3 is 10.0 Å². The predicted octanol–water partition coefficient (Wildman–Crippen LogP) is 0.208. The number of nitrogens with zero attached hydrogens (tertiary/aromatic N) is 1. The van der Waals surface area contributed by atoms with Gasteiger partial charge in [0.15, 0.2) is 0 Å². The third kappa shape index (κ3) is 3.34. The molecule has 2 N–H and O–H groups in total. The van der Waals surface area contributed by atoms with Crippen LogP contribution in [-0.2, 0) is 6.54 Å². The lowest BCUT2D eigenvalue weighted by Crippen LogP contribution is -2.35. The van der Waals surface area contributed by atoms with E-state index in [1.165, 1.54) is 0 Å². The Kier molecular flexibility index (Phi) is 4.82. The summed E-state index contributed by atoms with van der Waals surface area (Å²) in [6.07, 6.45) is 0. The molecule has 3 nitrogen and oxygen atoms in total. The molecule has 0 unspecified atom stereocenters. The Hall–Kier alpha value is -0.835. The second kappa shape index (κ2) is 5.90. The van der Waals surface area contributed by atoms with Gasteiger partial charge in [-0.25, -0.2) is 0 Å². The van der Waals surface area contributed by atoms with Crippen LogP contribution in [0.5, 0.6) is 0 Å². The Morgan fingerprint density at radius 3 is 2.27 bits per heavy atom. The van der Waals surface area contributed by atoms with E-state index < -0.39 is 7.12 Å². The molecule has 82 valence electrons. The van der Waals surface area contributed by atoms with E-state index in [-0.39, 0.29) is 0 Å². The van der Waals surface area contributed by atoms with Crippen molar-refractivity contribution in [1.82, 2.24) is 4.90 Å². The molecule has 0 saturated heterocycles. The van der Waals surface area contributed by atoms with Gasteiger partial charge >= 0.3 is 7.12 Å². The van der Waals surface area contributed by atoms with E-state index in [1.807, 2.05) is 18.2 Å². The van der Waals surface area contributed by atoms with Crippen LogP contribution >= 0.6 is 0 Å². The fraction of sp³-hybridized carbons (Fsp3) is 0.455. The first-order valence-corrected chi connectivity index (χ1v) is 5.35. The SMILES string of the molecule is CCN(CC)Cc1ccccc1B(O)O. The van der Waals surface area contributed by atoms with Crippen molar-refractivity contribution in [2.45, 2.75) is 20.4 Å². The molecule has 4 heteroatoms. The van der Waals surface area contributed by atoms with Gasteiger partial charge in [0.05, 0.1) is 0 Å². The molecule has 0 aliphatic carbocycles. The van der Waals surface area contributed by atoms with Gasteiger partial charge in [0, 0.05) is 6.54 Å².